The van der Waals surface area contributed by atoms with Crippen LogP contribution in [0.1, 0.15) is 12.8 Å². The predicted molar refractivity (Wildman–Crippen MR) is 68.9 cm³/mol. The Hall–Kier alpha value is -1.21. The maximum atomic E-state index is 12.6. The van der Waals surface area contributed by atoms with E-state index in [9.17, 15) is 9.59 Å². The number of rotatable bonds is 2. The van der Waals surface area contributed by atoms with Gasteiger partial charge in [0.2, 0.25) is 11.8 Å². The van der Waals surface area contributed by atoms with E-state index in [1.807, 2.05) is 0 Å². The third kappa shape index (κ3) is 2.32. The van der Waals surface area contributed by atoms with Crippen molar-refractivity contribution >= 4 is 29.0 Å². The molecule has 0 bridgehead atoms. The number of ether oxygens (including phenoxy) is 1. The summed E-state index contributed by atoms with van der Waals surface area (Å²) in [5.74, 6) is -0.270. The van der Waals surface area contributed by atoms with Crippen molar-refractivity contribution in [2.24, 2.45) is 11.1 Å². The number of nitrogens with one attached hydrogen (secondary N) is 1. The van der Waals surface area contributed by atoms with Gasteiger partial charge in [-0.05, 0) is 12.8 Å². The van der Waals surface area contributed by atoms with Crippen LogP contribution in [0.4, 0.5) is 0 Å². The molecule has 0 unspecified atom stereocenters. The Balaban J connectivity index is 2.17. The van der Waals surface area contributed by atoms with Crippen LogP contribution in [0.2, 0.25) is 0 Å². The van der Waals surface area contributed by atoms with Crippen LogP contribution in [-0.4, -0.2) is 54.6 Å². The smallest absolute Gasteiger partial charge is 0.239 e. The molecule has 0 spiro atoms. The van der Waals surface area contributed by atoms with E-state index in [4.69, 9.17) is 22.7 Å². The second kappa shape index (κ2) is 5.19. The minimum absolute atomic E-state index is 0.0874. The summed E-state index contributed by atoms with van der Waals surface area (Å²) in [7, 11) is 0. The number of carbonyl (C=O) groups is 2. The highest BCUT2D eigenvalue weighted by atomic mass is 32.1. The Kier molecular flexibility index (Phi) is 3.82. The summed E-state index contributed by atoms with van der Waals surface area (Å²) in [6.45, 7) is 2.03. The van der Waals surface area contributed by atoms with Gasteiger partial charge in [-0.1, -0.05) is 12.2 Å². The Morgan fingerprint density at radius 1 is 1.44 bits per heavy atom. The number of hydrogen-bond donors (Lipinski definition) is 2. The molecule has 0 aliphatic carbocycles. The first-order chi connectivity index (χ1) is 8.56. The van der Waals surface area contributed by atoms with Crippen LogP contribution in [0.3, 0.4) is 0 Å². The quantitative estimate of drug-likeness (QED) is 0.631. The van der Waals surface area contributed by atoms with Crippen LogP contribution in [0.15, 0.2) is 0 Å². The van der Waals surface area contributed by atoms with Gasteiger partial charge in [-0.2, -0.15) is 0 Å². The van der Waals surface area contributed by atoms with Crippen LogP contribution < -0.4 is 11.1 Å². The molecular formula is C11H17N3O3S. The first kappa shape index (κ1) is 13.2. The van der Waals surface area contributed by atoms with Crippen LogP contribution in [-0.2, 0) is 14.3 Å². The molecule has 2 aliphatic heterocycles. The van der Waals surface area contributed by atoms with E-state index in [-0.39, 0.29) is 23.3 Å². The van der Waals surface area contributed by atoms with Gasteiger partial charge in [-0.25, -0.2) is 0 Å². The fraction of sp³-hybridized carbons (Fsp3) is 0.727. The summed E-state index contributed by atoms with van der Waals surface area (Å²) in [5.41, 5.74) is 4.94. The largest absolute Gasteiger partial charge is 0.392 e. The van der Waals surface area contributed by atoms with E-state index < -0.39 is 5.41 Å². The number of nitrogens with zero attached hydrogens (tertiary/aromatic N) is 1. The molecular weight excluding hydrogens is 254 g/mol. The van der Waals surface area contributed by atoms with E-state index in [1.54, 1.807) is 4.90 Å². The number of piperazine rings is 1. The van der Waals surface area contributed by atoms with Gasteiger partial charge in [0.25, 0.3) is 0 Å². The van der Waals surface area contributed by atoms with E-state index >= 15 is 0 Å². The number of thiocarbonyl (C=S) groups is 1. The SMILES string of the molecule is NC(=S)C1(C(=O)N2CCNC(=O)C2)CCOCC1. The van der Waals surface area contributed by atoms with Gasteiger partial charge in [0.15, 0.2) is 0 Å². The zero-order valence-corrected chi connectivity index (χ0v) is 10.9. The zero-order chi connectivity index (χ0) is 13.2. The van der Waals surface area contributed by atoms with Crippen molar-refractivity contribution in [3.8, 4) is 0 Å². The number of nitrogens with two attached hydrogens (primary N) is 1. The Labute approximate surface area is 111 Å². The summed E-state index contributed by atoms with van der Waals surface area (Å²) in [5, 5.41) is 2.69. The van der Waals surface area contributed by atoms with E-state index in [0.29, 0.717) is 39.1 Å². The fourth-order valence-corrected chi connectivity index (χ4v) is 2.69. The topological polar surface area (TPSA) is 84.7 Å². The first-order valence-electron chi connectivity index (χ1n) is 6.00. The third-order valence-corrected chi connectivity index (χ3v) is 3.94. The number of hydrogen-bond acceptors (Lipinski definition) is 4. The molecule has 18 heavy (non-hydrogen) atoms. The van der Waals surface area contributed by atoms with Gasteiger partial charge in [0, 0.05) is 26.3 Å². The van der Waals surface area contributed by atoms with Gasteiger partial charge < -0.3 is 20.7 Å². The Bertz CT molecular complexity index is 380. The van der Waals surface area contributed by atoms with Crippen molar-refractivity contribution in [2.75, 3.05) is 32.8 Å². The lowest BCUT2D eigenvalue weighted by Crippen LogP contribution is -2.58. The molecule has 0 aromatic carbocycles. The molecule has 2 fully saturated rings. The molecule has 6 nitrogen and oxygen atoms in total. The van der Waals surface area contributed by atoms with Crippen molar-refractivity contribution in [3.05, 3.63) is 0 Å². The lowest BCUT2D eigenvalue weighted by molar-refractivity contribution is -0.146. The van der Waals surface area contributed by atoms with Crippen molar-refractivity contribution in [3.63, 3.8) is 0 Å². The minimum Gasteiger partial charge on any atom is -0.392 e. The second-order valence-corrected chi connectivity index (χ2v) is 5.08. The Morgan fingerprint density at radius 2 is 2.11 bits per heavy atom. The summed E-state index contributed by atoms with van der Waals surface area (Å²) >= 11 is 5.08. The second-order valence-electron chi connectivity index (χ2n) is 4.64. The van der Waals surface area contributed by atoms with Crippen LogP contribution in [0.5, 0.6) is 0 Å². The molecule has 2 aliphatic rings. The molecule has 100 valence electrons. The molecule has 0 atom stereocenters. The maximum absolute atomic E-state index is 12.6. The molecule has 2 heterocycles. The molecule has 2 amide bonds. The molecule has 7 heteroatoms. The van der Waals surface area contributed by atoms with Gasteiger partial charge >= 0.3 is 0 Å². The van der Waals surface area contributed by atoms with Gasteiger partial charge in [-0.3, -0.25) is 9.59 Å². The molecule has 2 saturated heterocycles. The standard InChI is InChI=1S/C11H17N3O3S/c12-9(18)11(1-5-17-6-2-11)10(16)14-4-3-13-8(15)7-14/h1-7H2,(H2,12,18)(H,13,15). The average molecular weight is 271 g/mol. The summed E-state index contributed by atoms with van der Waals surface area (Å²) in [4.78, 5) is 25.7. The van der Waals surface area contributed by atoms with Gasteiger partial charge in [0.1, 0.15) is 5.41 Å². The van der Waals surface area contributed by atoms with Crippen LogP contribution >= 0.6 is 12.2 Å². The van der Waals surface area contributed by atoms with Crippen LogP contribution in [0, 0.1) is 5.41 Å². The lowest BCUT2D eigenvalue weighted by atomic mass is 9.78. The third-order valence-electron chi connectivity index (χ3n) is 3.55. The minimum atomic E-state index is -0.828. The molecule has 0 radical (unpaired) electrons. The van der Waals surface area contributed by atoms with Crippen molar-refractivity contribution in [1.29, 1.82) is 0 Å². The zero-order valence-electron chi connectivity index (χ0n) is 10.1. The van der Waals surface area contributed by atoms with Crippen molar-refractivity contribution in [1.82, 2.24) is 10.2 Å². The summed E-state index contributed by atoms with van der Waals surface area (Å²) < 4.78 is 5.27. The highest BCUT2D eigenvalue weighted by molar-refractivity contribution is 7.80. The summed E-state index contributed by atoms with van der Waals surface area (Å²) in [6.07, 6.45) is 0.999. The lowest BCUT2D eigenvalue weighted by Gasteiger charge is -2.39. The maximum Gasteiger partial charge on any atom is 0.239 e. The van der Waals surface area contributed by atoms with Crippen LogP contribution in [0.25, 0.3) is 0 Å². The average Bonchev–Trinajstić information content (AvgIpc) is 2.38. The van der Waals surface area contributed by atoms with Gasteiger partial charge in [-0.15, -0.1) is 0 Å². The molecule has 0 aromatic heterocycles. The molecule has 2 rings (SSSR count). The first-order valence-corrected chi connectivity index (χ1v) is 6.41. The van der Waals surface area contributed by atoms with E-state index in [2.05, 4.69) is 5.32 Å². The van der Waals surface area contributed by atoms with E-state index in [1.165, 1.54) is 0 Å². The molecule has 0 saturated carbocycles. The highest BCUT2D eigenvalue weighted by Crippen LogP contribution is 2.33. The number of amides is 2. The normalized spacial score (nSPS) is 23.3. The molecule has 3 N–H and O–H groups in total. The van der Waals surface area contributed by atoms with Crippen molar-refractivity contribution < 1.29 is 14.3 Å². The van der Waals surface area contributed by atoms with Crippen molar-refractivity contribution in [2.45, 2.75) is 12.8 Å². The van der Waals surface area contributed by atoms with Gasteiger partial charge in [0.05, 0.1) is 11.5 Å². The molecule has 0 aromatic rings. The monoisotopic (exact) mass is 271 g/mol. The van der Waals surface area contributed by atoms with E-state index in [0.717, 1.165) is 0 Å². The fourth-order valence-electron chi connectivity index (χ4n) is 2.40. The highest BCUT2D eigenvalue weighted by Gasteiger charge is 2.45. The Morgan fingerprint density at radius 3 is 2.67 bits per heavy atom. The summed E-state index contributed by atoms with van der Waals surface area (Å²) in [6, 6.07) is 0. The predicted octanol–water partition coefficient (Wildman–Crippen LogP) is -0.972. The number of carbonyl (C=O) groups excluding carboxylic acids is 2.